The van der Waals surface area contributed by atoms with Crippen LogP contribution in [0.1, 0.15) is 36.2 Å². The lowest BCUT2D eigenvalue weighted by atomic mass is 10.0. The van der Waals surface area contributed by atoms with Crippen LogP contribution in [0, 0.1) is 0 Å². The first kappa shape index (κ1) is 11.9. The third kappa shape index (κ3) is 2.26. The maximum absolute atomic E-state index is 11.0. The topological polar surface area (TPSA) is 66.6 Å². The van der Waals surface area contributed by atoms with Crippen LogP contribution >= 0.6 is 0 Å². The minimum absolute atomic E-state index is 0.396. The van der Waals surface area contributed by atoms with Gasteiger partial charge in [0.1, 0.15) is 6.17 Å². The maximum atomic E-state index is 11.0. The molecule has 4 nitrogen and oxygen atoms in total. The van der Waals surface area contributed by atoms with Gasteiger partial charge in [-0.15, -0.1) is 0 Å². The fourth-order valence-electron chi connectivity index (χ4n) is 2.41. The van der Waals surface area contributed by atoms with Gasteiger partial charge in [0, 0.05) is 6.54 Å². The van der Waals surface area contributed by atoms with Crippen LogP contribution in [0.25, 0.3) is 0 Å². The minimum atomic E-state index is -0.972. The summed E-state index contributed by atoms with van der Waals surface area (Å²) in [5.41, 5.74) is 9.57. The highest BCUT2D eigenvalue weighted by Crippen LogP contribution is 2.25. The predicted octanol–water partition coefficient (Wildman–Crippen LogP) is 2.13. The molecule has 1 aliphatic rings. The summed E-state index contributed by atoms with van der Waals surface area (Å²) in [5, 5.41) is 9.04. The SMILES string of the molecule is CCN(C(=O)O)C(N)c1ccc2c(c1)CCC2. The van der Waals surface area contributed by atoms with Crippen molar-refractivity contribution in [3.8, 4) is 0 Å². The van der Waals surface area contributed by atoms with E-state index in [0.29, 0.717) is 6.54 Å². The van der Waals surface area contributed by atoms with Gasteiger partial charge >= 0.3 is 6.09 Å². The molecule has 0 bridgehead atoms. The third-order valence-corrected chi connectivity index (χ3v) is 3.39. The molecule has 0 aromatic heterocycles. The van der Waals surface area contributed by atoms with E-state index in [1.54, 1.807) is 6.92 Å². The Bertz CT molecular complexity index is 431. The standard InChI is InChI=1S/C13H18N2O2/c1-2-15(13(16)17)12(14)11-7-6-9-4-3-5-10(9)8-11/h6-8,12H,2-5,14H2,1H3,(H,16,17). The predicted molar refractivity (Wildman–Crippen MR) is 65.8 cm³/mol. The molecule has 1 aromatic rings. The number of rotatable bonds is 3. The first-order valence-corrected chi connectivity index (χ1v) is 6.00. The van der Waals surface area contributed by atoms with Gasteiger partial charge in [0.2, 0.25) is 0 Å². The van der Waals surface area contributed by atoms with Gasteiger partial charge in [-0.05, 0) is 42.9 Å². The smallest absolute Gasteiger partial charge is 0.408 e. The van der Waals surface area contributed by atoms with Crippen LogP contribution in [0.5, 0.6) is 0 Å². The molecule has 0 fully saturated rings. The number of hydrogen-bond donors (Lipinski definition) is 2. The number of nitrogens with zero attached hydrogens (tertiary/aromatic N) is 1. The molecule has 4 heteroatoms. The summed E-state index contributed by atoms with van der Waals surface area (Å²) in [6, 6.07) is 6.08. The van der Waals surface area contributed by atoms with Crippen molar-refractivity contribution < 1.29 is 9.90 Å². The summed E-state index contributed by atoms with van der Waals surface area (Å²) in [6.07, 6.45) is 1.85. The van der Waals surface area contributed by atoms with Crippen LogP contribution in [0.4, 0.5) is 4.79 Å². The Kier molecular flexibility index (Phi) is 3.33. The van der Waals surface area contributed by atoms with E-state index in [9.17, 15) is 4.79 Å². The van der Waals surface area contributed by atoms with Crippen LogP contribution in [0.2, 0.25) is 0 Å². The van der Waals surface area contributed by atoms with Gasteiger partial charge in [0.25, 0.3) is 0 Å². The van der Waals surface area contributed by atoms with Crippen molar-refractivity contribution in [3.63, 3.8) is 0 Å². The minimum Gasteiger partial charge on any atom is -0.465 e. The average molecular weight is 234 g/mol. The number of nitrogens with two attached hydrogens (primary N) is 1. The molecule has 0 aliphatic heterocycles. The molecule has 0 heterocycles. The molecule has 2 rings (SSSR count). The molecule has 0 radical (unpaired) electrons. The van der Waals surface area contributed by atoms with Crippen LogP contribution in [-0.4, -0.2) is 22.6 Å². The Morgan fingerprint density at radius 3 is 2.82 bits per heavy atom. The van der Waals surface area contributed by atoms with Crippen molar-refractivity contribution in [1.82, 2.24) is 4.90 Å². The van der Waals surface area contributed by atoms with E-state index in [4.69, 9.17) is 10.8 Å². The molecular formula is C13H18N2O2. The number of fused-ring (bicyclic) bond motifs is 1. The number of carbonyl (C=O) groups is 1. The molecule has 0 saturated heterocycles. The molecule has 1 atom stereocenters. The van der Waals surface area contributed by atoms with Crippen molar-refractivity contribution in [2.75, 3.05) is 6.54 Å². The largest absolute Gasteiger partial charge is 0.465 e. The molecule has 3 N–H and O–H groups in total. The molecule has 92 valence electrons. The molecule has 1 aliphatic carbocycles. The summed E-state index contributed by atoms with van der Waals surface area (Å²) in [4.78, 5) is 12.3. The second kappa shape index (κ2) is 4.75. The maximum Gasteiger partial charge on any atom is 0.408 e. The fourth-order valence-corrected chi connectivity index (χ4v) is 2.41. The van der Waals surface area contributed by atoms with Crippen molar-refractivity contribution >= 4 is 6.09 Å². The van der Waals surface area contributed by atoms with Gasteiger partial charge in [-0.2, -0.15) is 0 Å². The van der Waals surface area contributed by atoms with Gasteiger partial charge in [0.05, 0.1) is 0 Å². The van der Waals surface area contributed by atoms with E-state index in [2.05, 4.69) is 12.1 Å². The number of aryl methyl sites for hydroxylation is 2. The van der Waals surface area contributed by atoms with E-state index in [0.717, 1.165) is 18.4 Å². The Morgan fingerprint density at radius 1 is 1.47 bits per heavy atom. The van der Waals surface area contributed by atoms with E-state index in [-0.39, 0.29) is 0 Å². The highest BCUT2D eigenvalue weighted by atomic mass is 16.4. The lowest BCUT2D eigenvalue weighted by Gasteiger charge is -2.25. The van der Waals surface area contributed by atoms with E-state index in [1.807, 2.05) is 6.07 Å². The van der Waals surface area contributed by atoms with Gasteiger partial charge in [-0.1, -0.05) is 18.2 Å². The van der Waals surface area contributed by atoms with Crippen LogP contribution in [-0.2, 0) is 12.8 Å². The van der Waals surface area contributed by atoms with Crippen molar-refractivity contribution in [1.29, 1.82) is 0 Å². The van der Waals surface area contributed by atoms with E-state index >= 15 is 0 Å². The van der Waals surface area contributed by atoms with Gasteiger partial charge < -0.3 is 10.8 Å². The number of hydrogen-bond acceptors (Lipinski definition) is 2. The second-order valence-electron chi connectivity index (χ2n) is 4.40. The zero-order chi connectivity index (χ0) is 12.4. The Labute approximate surface area is 101 Å². The van der Waals surface area contributed by atoms with Gasteiger partial charge in [-0.25, -0.2) is 4.79 Å². The van der Waals surface area contributed by atoms with Crippen molar-refractivity contribution in [2.45, 2.75) is 32.4 Å². The third-order valence-electron chi connectivity index (χ3n) is 3.39. The number of benzene rings is 1. The zero-order valence-electron chi connectivity index (χ0n) is 10.0. The molecular weight excluding hydrogens is 216 g/mol. The fraction of sp³-hybridized carbons (Fsp3) is 0.462. The average Bonchev–Trinajstić information content (AvgIpc) is 2.75. The van der Waals surface area contributed by atoms with Crippen LogP contribution in [0.3, 0.4) is 0 Å². The van der Waals surface area contributed by atoms with Crippen LogP contribution < -0.4 is 5.73 Å². The highest BCUT2D eigenvalue weighted by molar-refractivity contribution is 5.65. The van der Waals surface area contributed by atoms with Crippen molar-refractivity contribution in [2.24, 2.45) is 5.73 Å². The molecule has 1 amide bonds. The summed E-state index contributed by atoms with van der Waals surface area (Å²) in [6.45, 7) is 2.19. The number of carboxylic acid groups (broad SMARTS) is 1. The zero-order valence-corrected chi connectivity index (χ0v) is 10.0. The Morgan fingerprint density at radius 2 is 2.18 bits per heavy atom. The summed E-state index contributed by atoms with van der Waals surface area (Å²) in [5.74, 6) is 0. The van der Waals surface area contributed by atoms with E-state index < -0.39 is 12.3 Å². The molecule has 1 unspecified atom stereocenters. The van der Waals surface area contributed by atoms with Crippen molar-refractivity contribution in [3.05, 3.63) is 34.9 Å². The molecule has 1 aromatic carbocycles. The first-order chi connectivity index (χ1) is 8.13. The summed E-state index contributed by atoms with van der Waals surface area (Å²) >= 11 is 0. The van der Waals surface area contributed by atoms with E-state index in [1.165, 1.54) is 22.4 Å². The second-order valence-corrected chi connectivity index (χ2v) is 4.40. The lowest BCUT2D eigenvalue weighted by Crippen LogP contribution is -2.38. The molecule has 0 spiro atoms. The Balaban J connectivity index is 2.24. The van der Waals surface area contributed by atoms with Gasteiger partial charge in [0.15, 0.2) is 0 Å². The summed E-state index contributed by atoms with van der Waals surface area (Å²) in [7, 11) is 0. The quantitative estimate of drug-likeness (QED) is 0.787. The first-order valence-electron chi connectivity index (χ1n) is 6.00. The monoisotopic (exact) mass is 234 g/mol. The molecule has 0 saturated carbocycles. The van der Waals surface area contributed by atoms with Gasteiger partial charge in [-0.3, -0.25) is 4.90 Å². The highest BCUT2D eigenvalue weighted by Gasteiger charge is 2.21. The summed E-state index contributed by atoms with van der Waals surface area (Å²) < 4.78 is 0. The Hall–Kier alpha value is -1.55. The van der Waals surface area contributed by atoms with Crippen LogP contribution in [0.15, 0.2) is 18.2 Å². The molecule has 17 heavy (non-hydrogen) atoms. The normalized spacial score (nSPS) is 15.4. The lowest BCUT2D eigenvalue weighted by molar-refractivity contribution is 0.128. The number of amides is 1.